The van der Waals surface area contributed by atoms with Crippen molar-refractivity contribution in [1.82, 2.24) is 15.4 Å². The summed E-state index contributed by atoms with van der Waals surface area (Å²) >= 11 is 0. The molecule has 0 saturated carbocycles. The minimum absolute atomic E-state index is 0.0186. The van der Waals surface area contributed by atoms with Gasteiger partial charge < -0.3 is 15.4 Å². The molecule has 9 heteroatoms. The maximum atomic E-state index is 12.5. The Hall–Kier alpha value is -2.13. The number of ether oxygens (including phenoxy) is 1. The lowest BCUT2D eigenvalue weighted by atomic mass is 10.1. The molecule has 0 atom stereocenters. The van der Waals surface area contributed by atoms with Crippen LogP contribution in [0.1, 0.15) is 57.5 Å². The topological polar surface area (TPSA) is 114 Å². The van der Waals surface area contributed by atoms with Crippen LogP contribution in [0.4, 0.5) is 4.79 Å². The highest BCUT2D eigenvalue weighted by atomic mass is 32.2. The normalized spacial score (nSPS) is 12.4. The molecular formula is C19H31N3O5S. The smallest absolute Gasteiger partial charge is 0.407 e. The van der Waals surface area contributed by atoms with Crippen molar-refractivity contribution in [2.45, 2.75) is 64.5 Å². The van der Waals surface area contributed by atoms with E-state index in [-0.39, 0.29) is 23.5 Å². The molecule has 0 heterocycles. The van der Waals surface area contributed by atoms with Crippen LogP contribution in [0, 0.1) is 6.92 Å². The predicted molar refractivity (Wildman–Crippen MR) is 108 cm³/mol. The Kier molecular flexibility index (Phi) is 7.61. The van der Waals surface area contributed by atoms with Crippen LogP contribution in [0.2, 0.25) is 0 Å². The fourth-order valence-corrected chi connectivity index (χ4v) is 3.67. The summed E-state index contributed by atoms with van der Waals surface area (Å²) in [4.78, 5) is 24.0. The van der Waals surface area contributed by atoms with E-state index < -0.39 is 33.2 Å². The standard InChI is InChI=1S/C19H31N3O5S/c1-13-8-9-14(28(25,26)22-18(2,3)4)12-15(13)16(23)20-10-11-21-17(24)27-19(5,6)7/h8-9,12,22H,10-11H2,1-7H3,(H,20,23)(H,21,24). The quantitative estimate of drug-likeness (QED) is 0.620. The monoisotopic (exact) mass is 413 g/mol. The van der Waals surface area contributed by atoms with E-state index in [4.69, 9.17) is 4.74 Å². The Balaban J connectivity index is 2.75. The van der Waals surface area contributed by atoms with Crippen LogP contribution in [0.25, 0.3) is 0 Å². The second-order valence-corrected chi connectivity index (χ2v) is 10.2. The molecule has 0 aromatic heterocycles. The first-order valence-electron chi connectivity index (χ1n) is 9.00. The molecule has 158 valence electrons. The van der Waals surface area contributed by atoms with Gasteiger partial charge in [-0.15, -0.1) is 0 Å². The van der Waals surface area contributed by atoms with E-state index in [1.807, 2.05) is 0 Å². The van der Waals surface area contributed by atoms with Gasteiger partial charge in [0, 0.05) is 24.2 Å². The zero-order valence-corrected chi connectivity index (χ0v) is 18.4. The van der Waals surface area contributed by atoms with Gasteiger partial charge in [-0.25, -0.2) is 17.9 Å². The van der Waals surface area contributed by atoms with Gasteiger partial charge in [-0.2, -0.15) is 0 Å². The molecule has 1 rings (SSSR count). The number of carbonyl (C=O) groups excluding carboxylic acids is 2. The van der Waals surface area contributed by atoms with Crippen LogP contribution in [0.3, 0.4) is 0 Å². The molecule has 0 aliphatic heterocycles. The summed E-state index contributed by atoms with van der Waals surface area (Å²) in [6.45, 7) is 12.6. The van der Waals surface area contributed by atoms with Crippen LogP contribution < -0.4 is 15.4 Å². The van der Waals surface area contributed by atoms with Crippen molar-refractivity contribution in [3.8, 4) is 0 Å². The molecule has 0 radical (unpaired) electrons. The molecule has 0 bridgehead atoms. The lowest BCUT2D eigenvalue weighted by Crippen LogP contribution is -2.40. The molecular weight excluding hydrogens is 382 g/mol. The van der Waals surface area contributed by atoms with Gasteiger partial charge in [-0.3, -0.25) is 4.79 Å². The highest BCUT2D eigenvalue weighted by molar-refractivity contribution is 7.89. The van der Waals surface area contributed by atoms with Crippen LogP contribution in [-0.4, -0.2) is 44.6 Å². The molecule has 0 fully saturated rings. The van der Waals surface area contributed by atoms with Gasteiger partial charge in [0.05, 0.1) is 4.90 Å². The maximum absolute atomic E-state index is 12.5. The van der Waals surface area contributed by atoms with Gasteiger partial charge in [0.25, 0.3) is 5.91 Å². The zero-order valence-electron chi connectivity index (χ0n) is 17.6. The molecule has 0 aliphatic rings. The molecule has 3 N–H and O–H groups in total. The van der Waals surface area contributed by atoms with Gasteiger partial charge in [0.1, 0.15) is 5.60 Å². The van der Waals surface area contributed by atoms with Gasteiger partial charge in [0.2, 0.25) is 10.0 Å². The third kappa shape index (κ3) is 8.26. The van der Waals surface area contributed by atoms with Crippen LogP contribution >= 0.6 is 0 Å². The zero-order chi connectivity index (χ0) is 21.8. The number of benzene rings is 1. The first-order chi connectivity index (χ1) is 12.6. The average Bonchev–Trinajstić information content (AvgIpc) is 2.47. The third-order valence-corrected chi connectivity index (χ3v) is 5.04. The largest absolute Gasteiger partial charge is 0.444 e. The summed E-state index contributed by atoms with van der Waals surface area (Å²) in [5.74, 6) is -0.420. The number of nitrogens with one attached hydrogen (secondary N) is 3. The Morgan fingerprint density at radius 3 is 2.11 bits per heavy atom. The lowest BCUT2D eigenvalue weighted by molar-refractivity contribution is 0.0526. The van der Waals surface area contributed by atoms with Crippen LogP contribution in [0.15, 0.2) is 23.1 Å². The Bertz CT molecular complexity index is 821. The SMILES string of the molecule is Cc1ccc(S(=O)(=O)NC(C)(C)C)cc1C(=O)NCCNC(=O)OC(C)(C)C. The summed E-state index contributed by atoms with van der Waals surface area (Å²) in [6, 6.07) is 4.40. The Labute approximate surface area is 167 Å². The molecule has 2 amide bonds. The predicted octanol–water partition coefficient (Wildman–Crippen LogP) is 2.33. The van der Waals surface area contributed by atoms with Crippen molar-refractivity contribution in [3.63, 3.8) is 0 Å². The number of sulfonamides is 1. The number of alkyl carbamates (subject to hydrolysis) is 1. The van der Waals surface area contributed by atoms with E-state index in [0.29, 0.717) is 5.56 Å². The third-order valence-electron chi connectivity index (χ3n) is 3.28. The first-order valence-corrected chi connectivity index (χ1v) is 10.5. The van der Waals surface area contributed by atoms with E-state index in [9.17, 15) is 18.0 Å². The molecule has 28 heavy (non-hydrogen) atoms. The fraction of sp³-hybridized carbons (Fsp3) is 0.579. The van der Waals surface area contributed by atoms with Crippen molar-refractivity contribution in [2.24, 2.45) is 0 Å². The van der Waals surface area contributed by atoms with Gasteiger partial charge in [-0.1, -0.05) is 6.07 Å². The highest BCUT2D eigenvalue weighted by Gasteiger charge is 2.23. The van der Waals surface area contributed by atoms with E-state index in [2.05, 4.69) is 15.4 Å². The second-order valence-electron chi connectivity index (χ2n) is 8.52. The number of amides is 2. The lowest BCUT2D eigenvalue weighted by Gasteiger charge is -2.21. The van der Waals surface area contributed by atoms with Crippen molar-refractivity contribution >= 4 is 22.0 Å². The molecule has 0 spiro atoms. The van der Waals surface area contributed by atoms with Crippen molar-refractivity contribution in [1.29, 1.82) is 0 Å². The summed E-state index contributed by atoms with van der Waals surface area (Å²) in [5, 5.41) is 5.20. The second kappa shape index (κ2) is 8.91. The molecule has 0 saturated heterocycles. The number of hydrogen-bond donors (Lipinski definition) is 3. The van der Waals surface area contributed by atoms with E-state index in [1.165, 1.54) is 12.1 Å². The van der Waals surface area contributed by atoms with E-state index >= 15 is 0 Å². The van der Waals surface area contributed by atoms with E-state index in [1.54, 1.807) is 54.5 Å². The minimum Gasteiger partial charge on any atom is -0.444 e. The van der Waals surface area contributed by atoms with Crippen LogP contribution in [-0.2, 0) is 14.8 Å². The summed E-state index contributed by atoms with van der Waals surface area (Å²) in [5.41, 5.74) is -0.335. The molecule has 1 aromatic carbocycles. The Morgan fingerprint density at radius 1 is 1.00 bits per heavy atom. The van der Waals surface area contributed by atoms with Crippen molar-refractivity contribution in [2.75, 3.05) is 13.1 Å². The molecule has 0 aliphatic carbocycles. The van der Waals surface area contributed by atoms with Gasteiger partial charge >= 0.3 is 6.09 Å². The number of hydrogen-bond acceptors (Lipinski definition) is 5. The fourth-order valence-electron chi connectivity index (χ4n) is 2.22. The maximum Gasteiger partial charge on any atom is 0.407 e. The van der Waals surface area contributed by atoms with E-state index in [0.717, 1.165) is 0 Å². The van der Waals surface area contributed by atoms with Crippen LogP contribution in [0.5, 0.6) is 0 Å². The number of aryl methyl sites for hydroxylation is 1. The molecule has 1 aromatic rings. The van der Waals surface area contributed by atoms with Crippen molar-refractivity contribution in [3.05, 3.63) is 29.3 Å². The van der Waals surface area contributed by atoms with Gasteiger partial charge in [0.15, 0.2) is 0 Å². The minimum atomic E-state index is -3.75. The van der Waals surface area contributed by atoms with Gasteiger partial charge in [-0.05, 0) is 66.2 Å². The number of carbonyl (C=O) groups is 2. The number of rotatable bonds is 6. The Morgan fingerprint density at radius 2 is 1.57 bits per heavy atom. The average molecular weight is 414 g/mol. The summed E-state index contributed by atoms with van der Waals surface area (Å²) in [6.07, 6.45) is -0.570. The first kappa shape index (κ1) is 23.9. The summed E-state index contributed by atoms with van der Waals surface area (Å²) < 4.78 is 32.6. The van der Waals surface area contributed by atoms with Crippen molar-refractivity contribution < 1.29 is 22.7 Å². The summed E-state index contributed by atoms with van der Waals surface area (Å²) in [7, 11) is -3.75. The molecule has 8 nitrogen and oxygen atoms in total. The highest BCUT2D eigenvalue weighted by Crippen LogP contribution is 2.17. The molecule has 0 unspecified atom stereocenters.